The van der Waals surface area contributed by atoms with Gasteiger partial charge in [0.15, 0.2) is 5.58 Å². The first kappa shape index (κ1) is 20.6. The van der Waals surface area contributed by atoms with Gasteiger partial charge in [-0.1, -0.05) is 110 Å². The van der Waals surface area contributed by atoms with Crippen LogP contribution in [0.3, 0.4) is 0 Å². The van der Waals surface area contributed by atoms with E-state index in [0.29, 0.717) is 5.58 Å². The number of nitrogens with zero attached hydrogens (tertiary/aromatic N) is 1. The van der Waals surface area contributed by atoms with Gasteiger partial charge in [0.05, 0.1) is 5.52 Å². The Hall–Kier alpha value is -4.29. The smallest absolute Gasteiger partial charge is 0.408 e. The first-order valence-electron chi connectivity index (χ1n) is 11.1. The van der Waals surface area contributed by atoms with Crippen molar-refractivity contribution in [1.82, 2.24) is 4.57 Å². The number of hydrogen-bond acceptors (Lipinski definition) is 2. The van der Waals surface area contributed by atoms with Gasteiger partial charge in [-0.25, -0.2) is 4.79 Å². The molecule has 0 saturated carbocycles. The van der Waals surface area contributed by atoms with Crippen molar-refractivity contribution in [2.24, 2.45) is 0 Å². The molecular formula is C30H23NO2. The normalized spacial score (nSPS) is 11.2. The second kappa shape index (κ2) is 8.68. The number of oxazole rings is 1. The lowest BCUT2D eigenvalue weighted by atomic mass is 9.76. The van der Waals surface area contributed by atoms with Gasteiger partial charge < -0.3 is 4.42 Å². The van der Waals surface area contributed by atoms with Crippen LogP contribution in [0.15, 0.2) is 118 Å². The van der Waals surface area contributed by atoms with Crippen molar-refractivity contribution < 1.29 is 4.42 Å². The van der Waals surface area contributed by atoms with E-state index in [1.54, 1.807) is 4.57 Å². The van der Waals surface area contributed by atoms with Crippen LogP contribution in [0.4, 0.5) is 0 Å². The standard InChI is InChI=1S/C30H23NO2/c1-2-3-13-23-20-21-27-28(22-23)33-29(32)31(27)30(24-14-7-4-8-15-24,25-16-9-5-10-17-25)26-18-11-6-12-19-26/h4-12,14-22H,2H2,1H3. The highest BCUT2D eigenvalue weighted by Crippen LogP contribution is 2.41. The molecule has 0 amide bonds. The van der Waals surface area contributed by atoms with Crippen molar-refractivity contribution in [1.29, 1.82) is 0 Å². The third kappa shape index (κ3) is 3.46. The molecule has 4 aromatic carbocycles. The van der Waals surface area contributed by atoms with E-state index in [9.17, 15) is 4.79 Å². The zero-order chi connectivity index (χ0) is 22.7. The molecule has 0 saturated heterocycles. The van der Waals surface area contributed by atoms with Crippen molar-refractivity contribution in [2.75, 3.05) is 0 Å². The summed E-state index contributed by atoms with van der Waals surface area (Å²) in [4.78, 5) is 13.6. The lowest BCUT2D eigenvalue weighted by molar-refractivity contribution is 0.441. The fourth-order valence-electron chi connectivity index (χ4n) is 4.53. The van der Waals surface area contributed by atoms with Gasteiger partial charge in [0.1, 0.15) is 5.54 Å². The minimum Gasteiger partial charge on any atom is -0.408 e. The van der Waals surface area contributed by atoms with E-state index >= 15 is 0 Å². The predicted octanol–water partition coefficient (Wildman–Crippen LogP) is 6.20. The van der Waals surface area contributed by atoms with Gasteiger partial charge in [-0.05, 0) is 34.9 Å². The molecule has 1 aromatic heterocycles. The van der Waals surface area contributed by atoms with E-state index in [1.807, 2.05) is 79.7 Å². The summed E-state index contributed by atoms with van der Waals surface area (Å²) in [6, 6.07) is 36.1. The van der Waals surface area contributed by atoms with E-state index in [1.165, 1.54) is 0 Å². The summed E-state index contributed by atoms with van der Waals surface area (Å²) in [6.07, 6.45) is 0.766. The first-order valence-corrected chi connectivity index (χ1v) is 11.1. The van der Waals surface area contributed by atoms with E-state index in [2.05, 4.69) is 48.2 Å². The summed E-state index contributed by atoms with van der Waals surface area (Å²) in [7, 11) is 0. The summed E-state index contributed by atoms with van der Waals surface area (Å²) in [5.74, 6) is 5.79. The van der Waals surface area contributed by atoms with Crippen LogP contribution in [0.1, 0.15) is 35.6 Å². The van der Waals surface area contributed by atoms with Crippen LogP contribution in [0.5, 0.6) is 0 Å². The second-order valence-electron chi connectivity index (χ2n) is 7.85. The van der Waals surface area contributed by atoms with E-state index in [4.69, 9.17) is 4.42 Å². The van der Waals surface area contributed by atoms with E-state index in [0.717, 1.165) is 34.2 Å². The molecule has 3 heteroatoms. The molecule has 0 aliphatic rings. The van der Waals surface area contributed by atoms with E-state index in [-0.39, 0.29) is 0 Å². The van der Waals surface area contributed by atoms with Crippen molar-refractivity contribution in [3.8, 4) is 11.8 Å². The Labute approximate surface area is 192 Å². The van der Waals surface area contributed by atoms with Gasteiger partial charge >= 0.3 is 5.76 Å². The molecule has 5 rings (SSSR count). The molecule has 0 atom stereocenters. The minimum atomic E-state index is -0.914. The molecule has 0 aliphatic heterocycles. The van der Waals surface area contributed by atoms with Gasteiger partial charge in [0.25, 0.3) is 0 Å². The van der Waals surface area contributed by atoms with Gasteiger partial charge in [-0.3, -0.25) is 4.57 Å². The zero-order valence-electron chi connectivity index (χ0n) is 18.4. The maximum atomic E-state index is 13.6. The summed E-state index contributed by atoms with van der Waals surface area (Å²) < 4.78 is 7.61. The SMILES string of the molecule is CCC#Cc1ccc2c(c1)oc(=O)n2C(c1ccccc1)(c1ccccc1)c1ccccc1. The van der Waals surface area contributed by atoms with Crippen molar-refractivity contribution in [2.45, 2.75) is 18.9 Å². The molecular weight excluding hydrogens is 406 g/mol. The number of hydrogen-bond donors (Lipinski definition) is 0. The van der Waals surface area contributed by atoms with Crippen LogP contribution in [-0.2, 0) is 5.54 Å². The molecule has 3 nitrogen and oxygen atoms in total. The molecule has 0 fully saturated rings. The third-order valence-electron chi connectivity index (χ3n) is 5.90. The summed E-state index contributed by atoms with van der Waals surface area (Å²) in [6.45, 7) is 2.01. The highest BCUT2D eigenvalue weighted by molar-refractivity contribution is 5.76. The average molecular weight is 430 g/mol. The Morgan fingerprint density at radius 1 is 0.758 bits per heavy atom. The molecule has 0 radical (unpaired) electrons. The fourth-order valence-corrected chi connectivity index (χ4v) is 4.53. The second-order valence-corrected chi connectivity index (χ2v) is 7.85. The Bertz CT molecular complexity index is 1410. The molecule has 160 valence electrons. The molecule has 0 N–H and O–H groups in total. The number of benzene rings is 4. The van der Waals surface area contributed by atoms with Gasteiger partial charge in [-0.2, -0.15) is 0 Å². The van der Waals surface area contributed by atoms with Gasteiger partial charge in [0, 0.05) is 12.0 Å². The van der Waals surface area contributed by atoms with Crippen LogP contribution in [0.25, 0.3) is 11.1 Å². The topological polar surface area (TPSA) is 35.1 Å². The summed E-state index contributed by atoms with van der Waals surface area (Å²) in [5, 5.41) is 0. The first-order chi connectivity index (χ1) is 16.2. The maximum Gasteiger partial charge on any atom is 0.421 e. The Morgan fingerprint density at radius 3 is 1.76 bits per heavy atom. The highest BCUT2D eigenvalue weighted by Gasteiger charge is 2.41. The van der Waals surface area contributed by atoms with Crippen LogP contribution in [-0.4, -0.2) is 4.57 Å². The fraction of sp³-hybridized carbons (Fsp3) is 0.100. The number of fused-ring (bicyclic) bond motifs is 1. The Kier molecular flexibility index (Phi) is 5.42. The molecule has 1 heterocycles. The Morgan fingerprint density at radius 2 is 1.27 bits per heavy atom. The maximum absolute atomic E-state index is 13.6. The largest absolute Gasteiger partial charge is 0.421 e. The predicted molar refractivity (Wildman–Crippen MR) is 132 cm³/mol. The molecule has 0 bridgehead atoms. The van der Waals surface area contributed by atoms with Crippen molar-refractivity contribution >= 4 is 11.1 Å². The van der Waals surface area contributed by atoms with Gasteiger partial charge in [-0.15, -0.1) is 0 Å². The van der Waals surface area contributed by atoms with Crippen LogP contribution in [0, 0.1) is 11.8 Å². The Balaban J connectivity index is 1.93. The zero-order valence-corrected chi connectivity index (χ0v) is 18.4. The van der Waals surface area contributed by atoms with Crippen LogP contribution >= 0.6 is 0 Å². The summed E-state index contributed by atoms with van der Waals surface area (Å²) >= 11 is 0. The lowest BCUT2D eigenvalue weighted by Gasteiger charge is -2.36. The minimum absolute atomic E-state index is 0.415. The third-order valence-corrected chi connectivity index (χ3v) is 5.90. The molecule has 0 unspecified atom stereocenters. The molecule has 5 aromatic rings. The summed E-state index contributed by atoms with van der Waals surface area (Å²) in [5.41, 5.74) is 4.08. The lowest BCUT2D eigenvalue weighted by Crippen LogP contribution is -2.42. The molecule has 0 aliphatic carbocycles. The van der Waals surface area contributed by atoms with E-state index < -0.39 is 11.3 Å². The average Bonchev–Trinajstić information content (AvgIpc) is 3.21. The number of aromatic nitrogens is 1. The monoisotopic (exact) mass is 429 g/mol. The van der Waals surface area contributed by atoms with Crippen molar-refractivity contribution in [3.05, 3.63) is 142 Å². The quantitative estimate of drug-likeness (QED) is 0.252. The van der Waals surface area contributed by atoms with Crippen LogP contribution < -0.4 is 5.76 Å². The highest BCUT2D eigenvalue weighted by atomic mass is 16.4. The van der Waals surface area contributed by atoms with Crippen molar-refractivity contribution in [3.63, 3.8) is 0 Å². The van der Waals surface area contributed by atoms with Gasteiger partial charge in [0.2, 0.25) is 0 Å². The number of rotatable bonds is 4. The molecule has 0 spiro atoms. The van der Waals surface area contributed by atoms with Crippen LogP contribution in [0.2, 0.25) is 0 Å². The molecule has 33 heavy (non-hydrogen) atoms.